The Morgan fingerprint density at radius 2 is 2.08 bits per heavy atom. The normalized spacial score (nSPS) is 19.6. The predicted molar refractivity (Wildman–Crippen MR) is 97.1 cm³/mol. The summed E-state index contributed by atoms with van der Waals surface area (Å²) in [4.78, 5) is 32.1. The van der Waals surface area contributed by atoms with Gasteiger partial charge < -0.3 is 4.90 Å². The molecule has 1 aromatic carbocycles. The van der Waals surface area contributed by atoms with Gasteiger partial charge in [0.2, 0.25) is 5.91 Å². The van der Waals surface area contributed by atoms with E-state index in [2.05, 4.69) is 0 Å². The van der Waals surface area contributed by atoms with Crippen LogP contribution in [0.3, 0.4) is 0 Å². The van der Waals surface area contributed by atoms with Crippen LogP contribution in [0.1, 0.15) is 46.1 Å². The number of rotatable bonds is 5. The van der Waals surface area contributed by atoms with Crippen molar-refractivity contribution in [3.05, 3.63) is 28.8 Å². The first kappa shape index (κ1) is 18.2. The van der Waals surface area contributed by atoms with Crippen molar-refractivity contribution in [2.45, 2.75) is 53.1 Å². The maximum Gasteiger partial charge on any atom is 0.254 e. The van der Waals surface area contributed by atoms with Crippen LogP contribution in [0.15, 0.2) is 18.2 Å². The third-order valence-electron chi connectivity index (χ3n) is 4.70. The van der Waals surface area contributed by atoms with Gasteiger partial charge >= 0.3 is 0 Å². The van der Waals surface area contributed by atoms with E-state index in [0.29, 0.717) is 18.2 Å². The minimum Gasteiger partial charge on any atom is -0.310 e. The number of benzene rings is 1. The number of nitrogens with zero attached hydrogens (tertiary/aromatic N) is 2. The fraction of sp³-hybridized carbons (Fsp3) is 0.579. The van der Waals surface area contributed by atoms with Crippen LogP contribution in [0.4, 0.5) is 5.69 Å². The Balaban J connectivity index is 1.78. The molecule has 0 spiro atoms. The molecule has 1 aromatic rings. The van der Waals surface area contributed by atoms with Gasteiger partial charge in [-0.15, -0.1) is 0 Å². The summed E-state index contributed by atoms with van der Waals surface area (Å²) in [5.41, 5.74) is 1.10. The van der Waals surface area contributed by atoms with Crippen LogP contribution in [0, 0.1) is 11.3 Å². The van der Waals surface area contributed by atoms with Gasteiger partial charge in [0.05, 0.1) is 18.6 Å². The minimum atomic E-state index is -0.502. The van der Waals surface area contributed by atoms with Gasteiger partial charge in [0.1, 0.15) is 0 Å². The monoisotopic (exact) mass is 364 g/mol. The lowest BCUT2D eigenvalue weighted by molar-refractivity contribution is -0.165. The van der Waals surface area contributed by atoms with Gasteiger partial charge in [-0.25, -0.2) is 5.06 Å². The molecule has 2 amide bonds. The van der Waals surface area contributed by atoms with Crippen LogP contribution in [0.25, 0.3) is 0 Å². The fourth-order valence-electron chi connectivity index (χ4n) is 2.99. The summed E-state index contributed by atoms with van der Waals surface area (Å²) in [7, 11) is 0. The summed E-state index contributed by atoms with van der Waals surface area (Å²) < 4.78 is 0. The van der Waals surface area contributed by atoms with E-state index in [-0.39, 0.29) is 23.8 Å². The second-order valence-corrected chi connectivity index (χ2v) is 8.26. The quantitative estimate of drug-likeness (QED) is 0.798. The van der Waals surface area contributed by atoms with E-state index in [1.54, 1.807) is 0 Å². The van der Waals surface area contributed by atoms with E-state index in [1.165, 1.54) is 5.06 Å². The lowest BCUT2D eigenvalue weighted by atomic mass is 9.95. The van der Waals surface area contributed by atoms with Gasteiger partial charge in [0, 0.05) is 22.7 Å². The SMILES string of the molecule is CC(C)N(C(=O)C1CC1)c1ccc(CN2OCC(C)(C)C2=O)c(Cl)c1. The molecule has 0 bridgehead atoms. The molecule has 5 nitrogen and oxygen atoms in total. The Kier molecular flexibility index (Phi) is 4.82. The Morgan fingerprint density at radius 3 is 2.56 bits per heavy atom. The molecular weight excluding hydrogens is 340 g/mol. The molecule has 0 unspecified atom stereocenters. The largest absolute Gasteiger partial charge is 0.310 e. The highest BCUT2D eigenvalue weighted by atomic mass is 35.5. The summed E-state index contributed by atoms with van der Waals surface area (Å²) in [5.74, 6) is 0.276. The molecule has 2 aliphatic rings. The van der Waals surface area contributed by atoms with Crippen molar-refractivity contribution in [3.8, 4) is 0 Å². The topological polar surface area (TPSA) is 49.9 Å². The number of anilines is 1. The highest BCUT2D eigenvalue weighted by Crippen LogP contribution is 2.35. The average Bonchev–Trinajstić information content (AvgIpc) is 3.33. The van der Waals surface area contributed by atoms with Gasteiger partial charge in [0.25, 0.3) is 5.91 Å². The molecule has 1 aliphatic heterocycles. The lowest BCUT2D eigenvalue weighted by Crippen LogP contribution is -2.38. The maximum absolute atomic E-state index is 12.5. The lowest BCUT2D eigenvalue weighted by Gasteiger charge is -2.28. The zero-order valence-corrected chi connectivity index (χ0v) is 16.0. The molecule has 6 heteroatoms. The van der Waals surface area contributed by atoms with Gasteiger partial charge in [0.15, 0.2) is 0 Å². The summed E-state index contributed by atoms with van der Waals surface area (Å²) in [6.45, 7) is 8.41. The van der Waals surface area contributed by atoms with E-state index < -0.39 is 5.41 Å². The summed E-state index contributed by atoms with van der Waals surface area (Å²) in [6.07, 6.45) is 1.94. The molecule has 0 aromatic heterocycles. The first-order valence-corrected chi connectivity index (χ1v) is 9.15. The first-order chi connectivity index (χ1) is 11.7. The molecule has 0 radical (unpaired) electrons. The van der Waals surface area contributed by atoms with E-state index in [9.17, 15) is 9.59 Å². The van der Waals surface area contributed by atoms with Crippen molar-refractivity contribution in [2.75, 3.05) is 11.5 Å². The zero-order valence-electron chi connectivity index (χ0n) is 15.2. The Bertz CT molecular complexity index is 698. The zero-order chi connectivity index (χ0) is 18.4. The van der Waals surface area contributed by atoms with E-state index >= 15 is 0 Å². The number of hydrogen-bond acceptors (Lipinski definition) is 3. The number of carbonyl (C=O) groups is 2. The van der Waals surface area contributed by atoms with Crippen molar-refractivity contribution in [2.24, 2.45) is 11.3 Å². The third-order valence-corrected chi connectivity index (χ3v) is 5.05. The Morgan fingerprint density at radius 1 is 1.40 bits per heavy atom. The Labute approximate surface area is 153 Å². The molecule has 1 aliphatic carbocycles. The third kappa shape index (κ3) is 3.67. The van der Waals surface area contributed by atoms with Crippen LogP contribution in [0.2, 0.25) is 5.02 Å². The summed E-state index contributed by atoms with van der Waals surface area (Å²) in [5, 5.41) is 1.91. The van der Waals surface area contributed by atoms with Crippen LogP contribution in [-0.2, 0) is 21.0 Å². The Hall–Kier alpha value is -1.59. The van der Waals surface area contributed by atoms with Gasteiger partial charge in [-0.05, 0) is 58.2 Å². The van der Waals surface area contributed by atoms with Crippen molar-refractivity contribution in [3.63, 3.8) is 0 Å². The number of hydroxylamine groups is 2. The van der Waals surface area contributed by atoms with Gasteiger partial charge in [-0.2, -0.15) is 0 Å². The van der Waals surface area contributed by atoms with E-state index in [4.69, 9.17) is 16.4 Å². The smallest absolute Gasteiger partial charge is 0.254 e. The summed E-state index contributed by atoms with van der Waals surface area (Å²) >= 11 is 6.44. The summed E-state index contributed by atoms with van der Waals surface area (Å²) in [6, 6.07) is 5.64. The molecule has 25 heavy (non-hydrogen) atoms. The van der Waals surface area contributed by atoms with Crippen molar-refractivity contribution < 1.29 is 14.4 Å². The molecule has 1 heterocycles. The first-order valence-electron chi connectivity index (χ1n) is 8.77. The highest BCUT2D eigenvalue weighted by Gasteiger charge is 2.40. The highest BCUT2D eigenvalue weighted by molar-refractivity contribution is 6.31. The van der Waals surface area contributed by atoms with Gasteiger partial charge in [-0.3, -0.25) is 14.4 Å². The molecule has 2 fully saturated rings. The predicted octanol–water partition coefficient (Wildman–Crippen LogP) is 3.79. The molecule has 0 atom stereocenters. The average molecular weight is 365 g/mol. The number of halogens is 1. The van der Waals surface area contributed by atoms with Gasteiger partial charge in [-0.1, -0.05) is 17.7 Å². The number of hydrogen-bond donors (Lipinski definition) is 0. The molecule has 136 valence electrons. The van der Waals surface area contributed by atoms with E-state index in [0.717, 1.165) is 24.1 Å². The molecule has 0 N–H and O–H groups in total. The molecular formula is C19H25ClN2O3. The second kappa shape index (κ2) is 6.61. The van der Waals surface area contributed by atoms with E-state index in [1.807, 2.05) is 50.8 Å². The van der Waals surface area contributed by atoms with Crippen molar-refractivity contribution in [1.29, 1.82) is 0 Å². The molecule has 1 saturated carbocycles. The number of amides is 2. The van der Waals surface area contributed by atoms with Crippen LogP contribution >= 0.6 is 11.6 Å². The van der Waals surface area contributed by atoms with Crippen LogP contribution in [0.5, 0.6) is 0 Å². The van der Waals surface area contributed by atoms with Crippen LogP contribution in [-0.4, -0.2) is 29.5 Å². The molecule has 3 rings (SSSR count). The van der Waals surface area contributed by atoms with Crippen LogP contribution < -0.4 is 4.90 Å². The number of carbonyl (C=O) groups excluding carboxylic acids is 2. The second-order valence-electron chi connectivity index (χ2n) is 7.85. The standard InChI is InChI=1S/C19H25ClN2O3/c1-12(2)22(17(23)13-5-6-13)15-8-7-14(16(20)9-15)10-21-18(24)19(3,4)11-25-21/h7-9,12-13H,5-6,10-11H2,1-4H3. The minimum absolute atomic E-state index is 0.0413. The molecule has 1 saturated heterocycles. The fourth-order valence-corrected chi connectivity index (χ4v) is 3.23. The van der Waals surface area contributed by atoms with Crippen molar-refractivity contribution >= 4 is 29.1 Å². The van der Waals surface area contributed by atoms with Crippen molar-refractivity contribution in [1.82, 2.24) is 5.06 Å². The maximum atomic E-state index is 12.5.